The van der Waals surface area contributed by atoms with E-state index in [1.165, 1.54) is 17.0 Å². The lowest BCUT2D eigenvalue weighted by molar-refractivity contribution is -0.139. The number of carbonyl (C=O) groups is 2. The highest BCUT2D eigenvalue weighted by Gasteiger charge is 2.33. The Hall–Kier alpha value is -3.56. The van der Waals surface area contributed by atoms with Crippen molar-refractivity contribution in [2.24, 2.45) is 0 Å². The number of hydrogen-bond donors (Lipinski definition) is 1. The van der Waals surface area contributed by atoms with Gasteiger partial charge < -0.3 is 15.0 Å². The summed E-state index contributed by atoms with van der Waals surface area (Å²) >= 11 is 6.45. The van der Waals surface area contributed by atoms with Crippen molar-refractivity contribution in [2.45, 2.75) is 69.5 Å². The molecule has 8 nitrogen and oxygen atoms in total. The maximum atomic E-state index is 14.1. The molecule has 1 atom stereocenters. The molecule has 0 aromatic heterocycles. The monoisotopic (exact) mass is 611 g/mol. The van der Waals surface area contributed by atoms with Crippen LogP contribution in [0.3, 0.4) is 0 Å². The Morgan fingerprint density at radius 3 is 2.24 bits per heavy atom. The molecule has 1 saturated carbocycles. The number of carbonyl (C=O) groups excluding carboxylic acids is 2. The van der Waals surface area contributed by atoms with Gasteiger partial charge in [-0.3, -0.25) is 13.9 Å². The molecule has 0 aliphatic heterocycles. The van der Waals surface area contributed by atoms with Crippen molar-refractivity contribution in [1.29, 1.82) is 0 Å². The van der Waals surface area contributed by atoms with Gasteiger partial charge in [-0.2, -0.15) is 0 Å². The molecule has 4 rings (SSSR count). The van der Waals surface area contributed by atoms with Gasteiger partial charge in [-0.1, -0.05) is 67.3 Å². The van der Waals surface area contributed by atoms with E-state index in [9.17, 15) is 18.0 Å². The van der Waals surface area contributed by atoms with Crippen LogP contribution in [-0.4, -0.2) is 50.4 Å². The molecule has 3 aromatic carbocycles. The third-order valence-electron chi connectivity index (χ3n) is 7.46. The van der Waals surface area contributed by atoms with Gasteiger partial charge in [-0.05, 0) is 74.7 Å². The predicted molar refractivity (Wildman–Crippen MR) is 165 cm³/mol. The van der Waals surface area contributed by atoms with Crippen LogP contribution in [-0.2, 0) is 26.2 Å². The Labute approximate surface area is 253 Å². The molecule has 42 heavy (non-hydrogen) atoms. The van der Waals surface area contributed by atoms with Crippen LogP contribution in [0.15, 0.2) is 83.8 Å². The maximum Gasteiger partial charge on any atom is 0.264 e. The second kappa shape index (κ2) is 14.6. The van der Waals surface area contributed by atoms with Crippen LogP contribution in [0.4, 0.5) is 5.69 Å². The van der Waals surface area contributed by atoms with E-state index in [0.29, 0.717) is 28.6 Å². The molecule has 0 bridgehead atoms. The molecular weight excluding hydrogens is 574 g/mol. The summed E-state index contributed by atoms with van der Waals surface area (Å²) in [5.74, 6) is -0.228. The number of hydrogen-bond acceptors (Lipinski definition) is 5. The predicted octanol–water partition coefficient (Wildman–Crippen LogP) is 5.80. The summed E-state index contributed by atoms with van der Waals surface area (Å²) < 4.78 is 34.4. The zero-order chi connectivity index (χ0) is 30.1. The lowest BCUT2D eigenvalue weighted by Crippen LogP contribution is -2.53. The molecule has 1 N–H and O–H groups in total. The first-order valence-electron chi connectivity index (χ1n) is 14.3. The summed E-state index contributed by atoms with van der Waals surface area (Å²) in [6, 6.07) is 20.8. The Morgan fingerprint density at radius 2 is 1.60 bits per heavy atom. The summed E-state index contributed by atoms with van der Waals surface area (Å²) in [6.07, 6.45) is 5.05. The highest BCUT2D eigenvalue weighted by Crippen LogP contribution is 2.27. The topological polar surface area (TPSA) is 96.0 Å². The van der Waals surface area contributed by atoms with Crippen molar-refractivity contribution in [3.05, 3.63) is 89.4 Å². The summed E-state index contributed by atoms with van der Waals surface area (Å²) in [5, 5.41) is 3.56. The minimum atomic E-state index is -4.14. The third kappa shape index (κ3) is 7.83. The van der Waals surface area contributed by atoms with Crippen LogP contribution in [0, 0.1) is 0 Å². The molecule has 0 heterocycles. The number of benzene rings is 3. The number of halogens is 1. The van der Waals surface area contributed by atoms with Gasteiger partial charge in [0.2, 0.25) is 11.8 Å². The van der Waals surface area contributed by atoms with E-state index in [0.717, 1.165) is 36.4 Å². The van der Waals surface area contributed by atoms with Crippen molar-refractivity contribution in [3.8, 4) is 5.75 Å². The summed E-state index contributed by atoms with van der Waals surface area (Å²) in [6.45, 7) is 3.51. The molecule has 3 aromatic rings. The Kier molecular flexibility index (Phi) is 10.9. The average Bonchev–Trinajstić information content (AvgIpc) is 3.00. The highest BCUT2D eigenvalue weighted by atomic mass is 35.5. The molecule has 0 unspecified atom stereocenters. The molecule has 0 spiro atoms. The molecule has 0 radical (unpaired) electrons. The van der Waals surface area contributed by atoms with Crippen LogP contribution in [0.25, 0.3) is 0 Å². The molecule has 1 aliphatic rings. The number of anilines is 1. The standard InChI is InChI=1S/C32H38ClN3O5S/c1-3-41-28-20-18-27(19-21-28)36(42(39,40)29-15-8-5-9-16-29)23-31(37)35(22-25-12-10-11-17-30(25)33)24(2)32(38)34-26-13-6-4-7-14-26/h5,8-12,15-21,24,26H,3-4,6-7,13-14,22-23H2,1-2H3,(H,34,38)/t24-/m0/s1. The lowest BCUT2D eigenvalue weighted by Gasteiger charge is -2.33. The number of nitrogens with one attached hydrogen (secondary N) is 1. The molecule has 224 valence electrons. The number of amides is 2. The SMILES string of the molecule is CCOc1ccc(N(CC(=O)N(Cc2ccccc2Cl)[C@@H](C)C(=O)NC2CCCCC2)S(=O)(=O)c2ccccc2)cc1. The van der Waals surface area contributed by atoms with E-state index in [1.54, 1.807) is 67.6 Å². The number of nitrogens with zero attached hydrogens (tertiary/aromatic N) is 2. The van der Waals surface area contributed by atoms with Gasteiger partial charge in [-0.15, -0.1) is 0 Å². The van der Waals surface area contributed by atoms with Crippen molar-refractivity contribution >= 4 is 39.1 Å². The minimum absolute atomic E-state index is 0.0419. The van der Waals surface area contributed by atoms with Gasteiger partial charge in [0, 0.05) is 17.6 Å². The summed E-state index contributed by atoms with van der Waals surface area (Å²) in [5.41, 5.74) is 0.955. The van der Waals surface area contributed by atoms with Crippen molar-refractivity contribution < 1.29 is 22.7 Å². The Morgan fingerprint density at radius 1 is 0.952 bits per heavy atom. The second-order valence-electron chi connectivity index (χ2n) is 10.4. The molecule has 2 amide bonds. The first kappa shape index (κ1) is 31.4. The van der Waals surface area contributed by atoms with Gasteiger partial charge in [-0.25, -0.2) is 8.42 Å². The van der Waals surface area contributed by atoms with Crippen LogP contribution in [0.1, 0.15) is 51.5 Å². The fourth-order valence-corrected chi connectivity index (χ4v) is 6.72. The van der Waals surface area contributed by atoms with E-state index in [4.69, 9.17) is 16.3 Å². The van der Waals surface area contributed by atoms with Gasteiger partial charge in [0.1, 0.15) is 18.3 Å². The number of ether oxygens (including phenoxy) is 1. The van der Waals surface area contributed by atoms with Crippen molar-refractivity contribution in [3.63, 3.8) is 0 Å². The zero-order valence-corrected chi connectivity index (χ0v) is 25.6. The average molecular weight is 612 g/mol. The Bertz CT molecular complexity index is 1440. The van der Waals surface area contributed by atoms with Gasteiger partial charge >= 0.3 is 0 Å². The Balaban J connectivity index is 1.67. The fraction of sp³-hybridized carbons (Fsp3) is 0.375. The fourth-order valence-electron chi connectivity index (χ4n) is 5.09. The maximum absolute atomic E-state index is 14.1. The van der Waals surface area contributed by atoms with Crippen molar-refractivity contribution in [2.75, 3.05) is 17.5 Å². The van der Waals surface area contributed by atoms with E-state index >= 15 is 0 Å². The normalized spacial score (nSPS) is 14.5. The van der Waals surface area contributed by atoms with Gasteiger partial charge in [0.05, 0.1) is 17.2 Å². The first-order chi connectivity index (χ1) is 20.2. The van der Waals surface area contributed by atoms with E-state index in [2.05, 4.69) is 5.32 Å². The summed E-state index contributed by atoms with van der Waals surface area (Å²) in [7, 11) is -4.14. The summed E-state index contributed by atoms with van der Waals surface area (Å²) in [4.78, 5) is 29.0. The second-order valence-corrected chi connectivity index (χ2v) is 12.7. The van der Waals surface area contributed by atoms with E-state index < -0.39 is 28.5 Å². The number of sulfonamides is 1. The molecule has 10 heteroatoms. The van der Waals surface area contributed by atoms with Gasteiger partial charge in [0.25, 0.3) is 10.0 Å². The van der Waals surface area contributed by atoms with Crippen LogP contribution in [0.5, 0.6) is 5.75 Å². The lowest BCUT2D eigenvalue weighted by atomic mass is 9.95. The third-order valence-corrected chi connectivity index (χ3v) is 9.62. The minimum Gasteiger partial charge on any atom is -0.494 e. The van der Waals surface area contributed by atoms with E-state index in [1.807, 2.05) is 13.0 Å². The van der Waals surface area contributed by atoms with Gasteiger partial charge in [0.15, 0.2) is 0 Å². The van der Waals surface area contributed by atoms with Crippen molar-refractivity contribution in [1.82, 2.24) is 10.2 Å². The molecule has 1 aliphatic carbocycles. The molecular formula is C32H38ClN3O5S. The van der Waals surface area contributed by atoms with Crippen LogP contribution in [0.2, 0.25) is 5.02 Å². The molecule has 1 fully saturated rings. The first-order valence-corrected chi connectivity index (χ1v) is 16.2. The quantitative estimate of drug-likeness (QED) is 0.279. The molecule has 0 saturated heterocycles. The van der Waals surface area contributed by atoms with E-state index in [-0.39, 0.29) is 23.4 Å². The number of rotatable bonds is 12. The van der Waals surface area contributed by atoms with Crippen LogP contribution < -0.4 is 14.4 Å². The smallest absolute Gasteiger partial charge is 0.264 e. The zero-order valence-electron chi connectivity index (χ0n) is 24.0. The largest absolute Gasteiger partial charge is 0.494 e. The van der Waals surface area contributed by atoms with Crippen LogP contribution >= 0.6 is 11.6 Å². The highest BCUT2D eigenvalue weighted by molar-refractivity contribution is 7.92.